The first-order valence-electron chi connectivity index (χ1n) is 6.43. The fraction of sp³-hybridized carbons (Fsp3) is 0.571. The van der Waals surface area contributed by atoms with Gasteiger partial charge >= 0.3 is 0 Å². The number of alkyl halides is 2. The van der Waals surface area contributed by atoms with Crippen molar-refractivity contribution in [3.8, 4) is 0 Å². The fourth-order valence-corrected chi connectivity index (χ4v) is 2.28. The molecule has 2 nitrogen and oxygen atoms in total. The van der Waals surface area contributed by atoms with Crippen molar-refractivity contribution in [3.05, 3.63) is 29.3 Å². The van der Waals surface area contributed by atoms with E-state index in [1.54, 1.807) is 12.1 Å². The second-order valence-electron chi connectivity index (χ2n) is 5.09. The number of nitrogens with one attached hydrogen (secondary N) is 2. The van der Waals surface area contributed by atoms with Crippen LogP contribution >= 0.6 is 0 Å². The van der Waals surface area contributed by atoms with Gasteiger partial charge in [0.1, 0.15) is 0 Å². The Morgan fingerprint density at radius 2 is 1.94 bits per heavy atom. The van der Waals surface area contributed by atoms with E-state index in [1.807, 2.05) is 6.92 Å². The van der Waals surface area contributed by atoms with E-state index in [2.05, 4.69) is 10.6 Å². The van der Waals surface area contributed by atoms with Gasteiger partial charge in [0.25, 0.3) is 5.92 Å². The van der Waals surface area contributed by atoms with Crippen LogP contribution in [0.2, 0.25) is 0 Å². The van der Waals surface area contributed by atoms with Gasteiger partial charge in [0, 0.05) is 24.2 Å². The van der Waals surface area contributed by atoms with Crippen LogP contribution in [0.25, 0.3) is 0 Å². The molecule has 4 heteroatoms. The molecule has 0 unspecified atom stereocenters. The molecule has 1 aliphatic heterocycles. The van der Waals surface area contributed by atoms with Gasteiger partial charge in [-0.2, -0.15) is 0 Å². The van der Waals surface area contributed by atoms with E-state index in [0.29, 0.717) is 6.04 Å². The highest BCUT2D eigenvalue weighted by Gasteiger charge is 2.24. The lowest BCUT2D eigenvalue weighted by Crippen LogP contribution is -2.35. The third-order valence-electron chi connectivity index (χ3n) is 3.43. The third-order valence-corrected chi connectivity index (χ3v) is 3.43. The molecular weight excluding hydrogens is 234 g/mol. The SMILES string of the molecule is Cc1cc(C(C)(F)F)ccc1NC1CCNCC1. The topological polar surface area (TPSA) is 24.1 Å². The minimum absolute atomic E-state index is 0.0795. The van der Waals surface area contributed by atoms with Crippen LogP contribution in [0.4, 0.5) is 14.5 Å². The normalized spacial score (nSPS) is 17.8. The standard InChI is InChI=1S/C14H20F2N2/c1-10-9-11(14(2,15)16)3-4-13(10)18-12-5-7-17-8-6-12/h3-4,9,12,17-18H,5-8H2,1-2H3. The van der Waals surface area contributed by atoms with Gasteiger partial charge in [-0.25, -0.2) is 8.78 Å². The first-order valence-corrected chi connectivity index (χ1v) is 6.43. The summed E-state index contributed by atoms with van der Waals surface area (Å²) in [5.41, 5.74) is 1.93. The second kappa shape index (κ2) is 5.22. The predicted octanol–water partition coefficient (Wildman–Crippen LogP) is 3.27. The average molecular weight is 254 g/mol. The van der Waals surface area contributed by atoms with E-state index in [4.69, 9.17) is 0 Å². The van der Waals surface area contributed by atoms with Gasteiger partial charge in [0.15, 0.2) is 0 Å². The Morgan fingerprint density at radius 3 is 2.50 bits per heavy atom. The van der Waals surface area contributed by atoms with Gasteiger partial charge in [-0.15, -0.1) is 0 Å². The summed E-state index contributed by atoms with van der Waals surface area (Å²) in [6, 6.07) is 5.29. The van der Waals surface area contributed by atoms with E-state index in [0.717, 1.165) is 44.1 Å². The Balaban J connectivity index is 2.09. The number of halogens is 2. The van der Waals surface area contributed by atoms with E-state index < -0.39 is 5.92 Å². The highest BCUT2D eigenvalue weighted by Crippen LogP contribution is 2.30. The van der Waals surface area contributed by atoms with E-state index in [-0.39, 0.29) is 5.56 Å². The predicted molar refractivity (Wildman–Crippen MR) is 70.3 cm³/mol. The zero-order chi connectivity index (χ0) is 13.2. The van der Waals surface area contributed by atoms with E-state index in [1.165, 1.54) is 6.07 Å². The van der Waals surface area contributed by atoms with Crippen LogP contribution < -0.4 is 10.6 Å². The summed E-state index contributed by atoms with van der Waals surface area (Å²) in [6.07, 6.45) is 2.15. The van der Waals surface area contributed by atoms with Crippen molar-refractivity contribution in [1.82, 2.24) is 5.32 Å². The Bertz CT molecular complexity index is 407. The fourth-order valence-electron chi connectivity index (χ4n) is 2.28. The third kappa shape index (κ3) is 3.19. The highest BCUT2D eigenvalue weighted by molar-refractivity contribution is 5.53. The minimum Gasteiger partial charge on any atom is -0.382 e. The van der Waals surface area contributed by atoms with Crippen molar-refractivity contribution in [1.29, 1.82) is 0 Å². The summed E-state index contributed by atoms with van der Waals surface area (Å²) in [5.74, 6) is -2.77. The quantitative estimate of drug-likeness (QED) is 0.865. The monoisotopic (exact) mass is 254 g/mol. The summed E-state index contributed by atoms with van der Waals surface area (Å²) < 4.78 is 26.4. The Hall–Kier alpha value is -1.16. The van der Waals surface area contributed by atoms with Gasteiger partial charge in [0.05, 0.1) is 0 Å². The zero-order valence-electron chi connectivity index (χ0n) is 10.9. The van der Waals surface area contributed by atoms with Crippen molar-refractivity contribution >= 4 is 5.69 Å². The molecule has 0 bridgehead atoms. The number of aryl methyl sites for hydroxylation is 1. The number of benzene rings is 1. The van der Waals surface area contributed by atoms with Crippen LogP contribution in [-0.4, -0.2) is 19.1 Å². The molecular formula is C14H20F2N2. The van der Waals surface area contributed by atoms with Crippen molar-refractivity contribution in [3.63, 3.8) is 0 Å². The first kappa shape index (κ1) is 13.3. The molecule has 1 heterocycles. The maximum atomic E-state index is 13.2. The molecule has 1 saturated heterocycles. The summed E-state index contributed by atoms with van der Waals surface area (Å²) in [5, 5.41) is 6.75. The molecule has 0 radical (unpaired) electrons. The van der Waals surface area contributed by atoms with E-state index >= 15 is 0 Å². The molecule has 100 valence electrons. The van der Waals surface area contributed by atoms with Crippen molar-refractivity contribution < 1.29 is 8.78 Å². The van der Waals surface area contributed by atoms with Crippen LogP contribution in [0.1, 0.15) is 30.9 Å². The van der Waals surface area contributed by atoms with Gasteiger partial charge in [-0.05, 0) is 50.6 Å². The number of hydrogen-bond acceptors (Lipinski definition) is 2. The maximum Gasteiger partial charge on any atom is 0.270 e. The summed E-state index contributed by atoms with van der Waals surface area (Å²) in [6.45, 7) is 4.84. The lowest BCUT2D eigenvalue weighted by molar-refractivity contribution is 0.0174. The van der Waals surface area contributed by atoms with Crippen LogP contribution in [0, 0.1) is 6.92 Å². The largest absolute Gasteiger partial charge is 0.382 e. The molecule has 0 atom stereocenters. The Kier molecular flexibility index (Phi) is 3.85. The highest BCUT2D eigenvalue weighted by atomic mass is 19.3. The maximum absolute atomic E-state index is 13.2. The lowest BCUT2D eigenvalue weighted by atomic mass is 10.0. The summed E-state index contributed by atoms with van der Waals surface area (Å²) in [7, 11) is 0. The number of hydrogen-bond donors (Lipinski definition) is 2. The zero-order valence-corrected chi connectivity index (χ0v) is 10.9. The number of rotatable bonds is 3. The molecule has 2 rings (SSSR count). The molecule has 1 aliphatic rings. The van der Waals surface area contributed by atoms with Crippen molar-refractivity contribution in [2.24, 2.45) is 0 Å². The molecule has 0 spiro atoms. The van der Waals surface area contributed by atoms with Crippen LogP contribution in [0.3, 0.4) is 0 Å². The van der Waals surface area contributed by atoms with Gasteiger partial charge < -0.3 is 10.6 Å². The number of anilines is 1. The molecule has 0 aliphatic carbocycles. The summed E-state index contributed by atoms with van der Waals surface area (Å²) >= 11 is 0. The van der Waals surface area contributed by atoms with Crippen molar-refractivity contribution in [2.45, 2.75) is 38.7 Å². The summed E-state index contributed by atoms with van der Waals surface area (Å²) in [4.78, 5) is 0. The molecule has 1 aromatic rings. The van der Waals surface area contributed by atoms with Crippen LogP contribution in [-0.2, 0) is 5.92 Å². The van der Waals surface area contributed by atoms with E-state index in [9.17, 15) is 8.78 Å². The smallest absolute Gasteiger partial charge is 0.270 e. The molecule has 1 aromatic carbocycles. The van der Waals surface area contributed by atoms with Crippen LogP contribution in [0.5, 0.6) is 0 Å². The molecule has 2 N–H and O–H groups in total. The lowest BCUT2D eigenvalue weighted by Gasteiger charge is -2.26. The Morgan fingerprint density at radius 1 is 1.28 bits per heavy atom. The second-order valence-corrected chi connectivity index (χ2v) is 5.09. The molecule has 0 amide bonds. The van der Waals surface area contributed by atoms with Gasteiger partial charge in [0.2, 0.25) is 0 Å². The molecule has 1 fully saturated rings. The molecule has 0 saturated carbocycles. The van der Waals surface area contributed by atoms with Gasteiger partial charge in [-0.3, -0.25) is 0 Å². The molecule has 18 heavy (non-hydrogen) atoms. The first-order chi connectivity index (χ1) is 8.47. The molecule has 0 aromatic heterocycles. The number of piperidine rings is 1. The van der Waals surface area contributed by atoms with Crippen molar-refractivity contribution in [2.75, 3.05) is 18.4 Å². The minimum atomic E-state index is -2.77. The van der Waals surface area contributed by atoms with Crippen LogP contribution in [0.15, 0.2) is 18.2 Å². The average Bonchev–Trinajstić information content (AvgIpc) is 2.32. The van der Waals surface area contributed by atoms with Gasteiger partial charge in [-0.1, -0.05) is 6.07 Å². The Labute approximate surface area is 107 Å².